The molecule has 2 saturated carbocycles. The first-order valence-electron chi connectivity index (χ1n) is 15.7. The topological polar surface area (TPSA) is 131 Å². The Morgan fingerprint density at radius 1 is 1.16 bits per heavy atom. The first kappa shape index (κ1) is 31.0. The number of pyridine rings is 1. The van der Waals surface area contributed by atoms with Gasteiger partial charge in [0.2, 0.25) is 11.8 Å². The van der Waals surface area contributed by atoms with Crippen LogP contribution >= 0.6 is 11.3 Å². The second-order valence-corrected chi connectivity index (χ2v) is 13.7. The van der Waals surface area contributed by atoms with Crippen LogP contribution in [-0.4, -0.2) is 70.1 Å². The van der Waals surface area contributed by atoms with Gasteiger partial charge in [-0.25, -0.2) is 14.8 Å². The van der Waals surface area contributed by atoms with Gasteiger partial charge in [0.1, 0.15) is 33.8 Å². The maximum atomic E-state index is 13.8. The first-order chi connectivity index (χ1) is 21.6. The Bertz CT molecular complexity index is 1650. The van der Waals surface area contributed by atoms with Gasteiger partial charge in [-0.2, -0.15) is 0 Å². The van der Waals surface area contributed by atoms with Crippen LogP contribution in [0.4, 0.5) is 0 Å². The second-order valence-electron chi connectivity index (χ2n) is 12.8. The smallest absolute Gasteiger partial charge is 0.330 e. The highest BCUT2D eigenvalue weighted by atomic mass is 32.1. The van der Waals surface area contributed by atoms with E-state index in [-0.39, 0.29) is 24.2 Å². The number of methoxy groups -OCH3 is 1. The van der Waals surface area contributed by atoms with E-state index in [0.717, 1.165) is 35.4 Å². The highest BCUT2D eigenvalue weighted by Gasteiger charge is 2.61. The molecule has 0 bridgehead atoms. The molecule has 45 heavy (non-hydrogen) atoms. The second kappa shape index (κ2) is 12.4. The highest BCUT2D eigenvalue weighted by molar-refractivity contribution is 7.13. The summed E-state index contributed by atoms with van der Waals surface area (Å²) in [7, 11) is 3.38. The van der Waals surface area contributed by atoms with Crippen LogP contribution in [0.15, 0.2) is 41.8 Å². The summed E-state index contributed by atoms with van der Waals surface area (Å²) in [5.74, 6) is -1.62. The molecule has 5 atom stereocenters. The number of hydrogen-bond donors (Lipinski definition) is 2. The minimum atomic E-state index is -1.33. The van der Waals surface area contributed by atoms with E-state index in [1.165, 1.54) is 11.3 Å². The molecule has 2 N–H and O–H groups in total. The van der Waals surface area contributed by atoms with Gasteiger partial charge in [0.25, 0.3) is 0 Å². The number of benzene rings is 1. The number of carbonyl (C=O) groups excluding carboxylic acids is 2. The number of ether oxygens (including phenoxy) is 2. The van der Waals surface area contributed by atoms with E-state index in [1.807, 2.05) is 41.8 Å². The lowest BCUT2D eigenvalue weighted by Gasteiger charge is -2.26. The van der Waals surface area contributed by atoms with Crippen molar-refractivity contribution in [3.8, 4) is 22.2 Å². The van der Waals surface area contributed by atoms with Crippen molar-refractivity contribution in [1.82, 2.24) is 20.2 Å². The molecule has 0 spiro atoms. The number of carboxylic acids is 1. The Kier molecular flexibility index (Phi) is 8.56. The van der Waals surface area contributed by atoms with E-state index < -0.39 is 35.4 Å². The van der Waals surface area contributed by atoms with Crippen molar-refractivity contribution in [2.75, 3.05) is 20.7 Å². The van der Waals surface area contributed by atoms with Crippen LogP contribution in [0, 0.1) is 17.8 Å². The number of nitrogens with zero attached hydrogens (tertiary/aromatic N) is 3. The Labute approximate surface area is 266 Å². The summed E-state index contributed by atoms with van der Waals surface area (Å²) in [6, 6.07) is 7.48. The number of amides is 2. The lowest BCUT2D eigenvalue weighted by molar-refractivity contribution is -0.145. The lowest BCUT2D eigenvalue weighted by Crippen LogP contribution is -2.49. The predicted molar refractivity (Wildman–Crippen MR) is 171 cm³/mol. The SMILES string of the molecule is COc1ccc2c(OC3CC4C(=O)NC5(C(=O)O)CC5/C=C\CCCCN(C)C(=O)C4C3)cc(-c3nc(C(C)C)cs3)nc2c1. The number of carbonyl (C=O) groups is 3. The zero-order valence-corrected chi connectivity index (χ0v) is 26.9. The normalized spacial score (nSPS) is 27.8. The highest BCUT2D eigenvalue weighted by Crippen LogP contribution is 2.47. The molecule has 0 saturated heterocycles. The van der Waals surface area contributed by atoms with E-state index in [4.69, 9.17) is 19.4 Å². The van der Waals surface area contributed by atoms with Crippen molar-refractivity contribution in [3.63, 3.8) is 0 Å². The van der Waals surface area contributed by atoms with E-state index >= 15 is 0 Å². The molecule has 2 aromatic heterocycles. The third-order valence-corrected chi connectivity index (χ3v) is 10.3. The molecule has 2 aliphatic carbocycles. The number of thiazole rings is 1. The van der Waals surface area contributed by atoms with Crippen LogP contribution in [0.1, 0.15) is 64.0 Å². The van der Waals surface area contributed by atoms with Gasteiger partial charge < -0.3 is 24.8 Å². The average molecular weight is 633 g/mol. The predicted octanol–water partition coefficient (Wildman–Crippen LogP) is 5.42. The van der Waals surface area contributed by atoms with Crippen LogP contribution in [0.25, 0.3) is 21.6 Å². The molecule has 238 valence electrons. The number of aliphatic carboxylic acids is 1. The van der Waals surface area contributed by atoms with Crippen molar-refractivity contribution in [2.24, 2.45) is 17.8 Å². The fourth-order valence-corrected chi connectivity index (χ4v) is 7.49. The Hall–Kier alpha value is -3.99. The quantitative estimate of drug-likeness (QED) is 0.345. The molecule has 2 amide bonds. The molecule has 1 aliphatic heterocycles. The number of nitrogens with one attached hydrogen (secondary N) is 1. The van der Waals surface area contributed by atoms with Crippen LogP contribution in [0.5, 0.6) is 11.5 Å². The van der Waals surface area contributed by atoms with Crippen molar-refractivity contribution in [2.45, 2.75) is 69.9 Å². The van der Waals surface area contributed by atoms with Gasteiger partial charge in [0.05, 0.1) is 30.2 Å². The maximum Gasteiger partial charge on any atom is 0.330 e. The summed E-state index contributed by atoms with van der Waals surface area (Å²) >= 11 is 1.52. The molecule has 3 heterocycles. The number of fused-ring (bicyclic) bond motifs is 3. The van der Waals surface area contributed by atoms with Crippen molar-refractivity contribution in [1.29, 1.82) is 0 Å². The van der Waals surface area contributed by atoms with E-state index in [0.29, 0.717) is 42.1 Å². The fourth-order valence-electron chi connectivity index (χ4n) is 6.55. The summed E-state index contributed by atoms with van der Waals surface area (Å²) < 4.78 is 12.1. The number of hydrogen-bond acceptors (Lipinski definition) is 8. The van der Waals surface area contributed by atoms with Gasteiger partial charge in [-0.3, -0.25) is 9.59 Å². The Morgan fingerprint density at radius 3 is 2.69 bits per heavy atom. The lowest BCUT2D eigenvalue weighted by atomic mass is 9.93. The summed E-state index contributed by atoms with van der Waals surface area (Å²) in [6.07, 6.45) is 6.97. The first-order valence-corrected chi connectivity index (χ1v) is 16.6. The van der Waals surface area contributed by atoms with Crippen LogP contribution in [-0.2, 0) is 14.4 Å². The van der Waals surface area contributed by atoms with E-state index in [1.54, 1.807) is 19.1 Å². The van der Waals surface area contributed by atoms with E-state index in [9.17, 15) is 19.5 Å². The fraction of sp³-hybridized carbons (Fsp3) is 0.500. The van der Waals surface area contributed by atoms with E-state index in [2.05, 4.69) is 19.2 Å². The molecule has 5 unspecified atom stereocenters. The van der Waals surface area contributed by atoms with Gasteiger partial charge in [-0.1, -0.05) is 26.0 Å². The number of aromatic nitrogens is 2. The number of allylic oxidation sites excluding steroid dienone is 1. The zero-order valence-electron chi connectivity index (χ0n) is 26.1. The number of rotatable bonds is 6. The summed E-state index contributed by atoms with van der Waals surface area (Å²) in [6.45, 7) is 4.79. The molecule has 6 rings (SSSR count). The Balaban J connectivity index is 1.33. The van der Waals surface area contributed by atoms with Crippen LogP contribution in [0.2, 0.25) is 0 Å². The van der Waals surface area contributed by atoms with Crippen LogP contribution < -0.4 is 14.8 Å². The van der Waals surface area contributed by atoms with Crippen molar-refractivity contribution >= 4 is 40.0 Å². The summed E-state index contributed by atoms with van der Waals surface area (Å²) in [4.78, 5) is 51.2. The van der Waals surface area contributed by atoms with Gasteiger partial charge in [0, 0.05) is 42.4 Å². The molecular weight excluding hydrogens is 592 g/mol. The minimum absolute atomic E-state index is 0.111. The molecule has 3 aliphatic rings. The third kappa shape index (κ3) is 6.14. The zero-order chi connectivity index (χ0) is 31.9. The average Bonchev–Trinajstić information content (AvgIpc) is 3.33. The molecule has 10 nitrogen and oxygen atoms in total. The van der Waals surface area contributed by atoms with Crippen molar-refractivity contribution in [3.05, 3.63) is 47.5 Å². The molecule has 3 aromatic rings. The largest absolute Gasteiger partial charge is 0.497 e. The number of carboxylic acid groups (broad SMARTS) is 1. The summed E-state index contributed by atoms with van der Waals surface area (Å²) in [5.41, 5.74) is 1.02. The van der Waals surface area contributed by atoms with Crippen LogP contribution in [0.3, 0.4) is 0 Å². The van der Waals surface area contributed by atoms with Gasteiger partial charge in [-0.15, -0.1) is 11.3 Å². The van der Waals surface area contributed by atoms with Crippen molar-refractivity contribution < 1.29 is 29.0 Å². The third-order valence-electron chi connectivity index (χ3n) is 9.38. The molecule has 11 heteroatoms. The summed E-state index contributed by atoms with van der Waals surface area (Å²) in [5, 5.41) is 16.5. The van der Waals surface area contributed by atoms with Gasteiger partial charge in [-0.05, 0) is 56.6 Å². The van der Waals surface area contributed by atoms with Gasteiger partial charge in [0.15, 0.2) is 0 Å². The minimum Gasteiger partial charge on any atom is -0.497 e. The monoisotopic (exact) mass is 632 g/mol. The Morgan fingerprint density at radius 2 is 1.96 bits per heavy atom. The standard InChI is InChI=1S/C34H40N4O6S/c1-19(2)28-18-45-31(36-28)27-16-29(23-11-10-21(43-4)15-26(23)35-27)44-22-13-24-25(14-22)32(40)38(3)12-8-6-5-7-9-20-17-34(20,33(41)42)37-30(24)39/h7,9-11,15-16,18-20,22,24-25H,5-6,8,12-14,17H2,1-4H3,(H,37,39)(H,41,42)/b9-7-. The molecule has 1 aromatic carbocycles. The maximum absolute atomic E-state index is 13.8. The molecule has 2 fully saturated rings. The molecular formula is C34H40N4O6S. The molecule has 0 radical (unpaired) electrons. The van der Waals surface area contributed by atoms with Gasteiger partial charge >= 0.3 is 5.97 Å².